The quantitative estimate of drug-likeness (QED) is 0.866. The highest BCUT2D eigenvalue weighted by molar-refractivity contribution is 7.99. The number of hydrogen-bond acceptors (Lipinski definition) is 5. The Balaban J connectivity index is 1.78. The van der Waals surface area contributed by atoms with Gasteiger partial charge in [-0.3, -0.25) is 0 Å². The summed E-state index contributed by atoms with van der Waals surface area (Å²) in [6.45, 7) is 1.20. The number of alkyl halides is 3. The van der Waals surface area contributed by atoms with Crippen LogP contribution >= 0.6 is 11.8 Å². The zero-order chi connectivity index (χ0) is 15.7. The van der Waals surface area contributed by atoms with Crippen LogP contribution in [0.2, 0.25) is 0 Å². The molecule has 0 fully saturated rings. The van der Waals surface area contributed by atoms with Crippen molar-refractivity contribution < 1.29 is 13.2 Å². The fourth-order valence-corrected chi connectivity index (χ4v) is 3.42. The maximum atomic E-state index is 12.3. The van der Waals surface area contributed by atoms with Gasteiger partial charge in [-0.15, -0.1) is 22.0 Å². The van der Waals surface area contributed by atoms with Crippen LogP contribution in [0.5, 0.6) is 0 Å². The molecule has 3 rings (SSSR count). The standard InChI is InChI=1S/C13H14F3N5S/c1-9-7-22-11-5-3-2-4-10(11)20(9)6-12-17-19-21(18-12)8-13(14,15)16/h2-5,9H,6-8H2,1H3/t9-/m0/s1. The number of para-hydroxylation sites is 1. The van der Waals surface area contributed by atoms with Crippen molar-refractivity contribution in [3.8, 4) is 0 Å². The van der Waals surface area contributed by atoms with E-state index in [1.54, 1.807) is 11.8 Å². The van der Waals surface area contributed by atoms with Gasteiger partial charge in [0.2, 0.25) is 0 Å². The minimum absolute atomic E-state index is 0.245. The molecule has 0 bridgehead atoms. The fraction of sp³-hybridized carbons (Fsp3) is 0.462. The van der Waals surface area contributed by atoms with Crippen LogP contribution in [-0.4, -0.2) is 38.2 Å². The smallest absolute Gasteiger partial charge is 0.359 e. The van der Waals surface area contributed by atoms with E-state index in [0.717, 1.165) is 16.3 Å². The first-order valence-electron chi connectivity index (χ1n) is 6.74. The Labute approximate surface area is 129 Å². The zero-order valence-corrected chi connectivity index (χ0v) is 12.6. The third-order valence-corrected chi connectivity index (χ3v) is 4.62. The van der Waals surface area contributed by atoms with Crippen molar-refractivity contribution in [2.45, 2.75) is 37.1 Å². The van der Waals surface area contributed by atoms with E-state index in [-0.39, 0.29) is 11.9 Å². The summed E-state index contributed by atoms with van der Waals surface area (Å²) < 4.78 is 37.0. The number of tetrazole rings is 1. The number of thioether (sulfide) groups is 1. The highest BCUT2D eigenvalue weighted by Crippen LogP contribution is 2.37. The van der Waals surface area contributed by atoms with E-state index in [0.29, 0.717) is 11.3 Å². The molecule has 1 atom stereocenters. The number of rotatable bonds is 3. The van der Waals surface area contributed by atoms with Gasteiger partial charge in [-0.1, -0.05) is 12.1 Å². The summed E-state index contributed by atoms with van der Waals surface area (Å²) in [7, 11) is 0. The lowest BCUT2D eigenvalue weighted by molar-refractivity contribution is -0.145. The Morgan fingerprint density at radius 2 is 2.09 bits per heavy atom. The summed E-state index contributed by atoms with van der Waals surface area (Å²) in [4.78, 5) is 3.84. The Morgan fingerprint density at radius 3 is 2.86 bits per heavy atom. The van der Waals surface area contributed by atoms with Gasteiger partial charge in [-0.05, 0) is 24.3 Å². The third kappa shape index (κ3) is 3.34. The second-order valence-electron chi connectivity index (χ2n) is 5.11. The van der Waals surface area contributed by atoms with Gasteiger partial charge in [0.05, 0.1) is 12.2 Å². The van der Waals surface area contributed by atoms with Gasteiger partial charge < -0.3 is 4.90 Å². The number of anilines is 1. The predicted molar refractivity (Wildman–Crippen MR) is 76.7 cm³/mol. The lowest BCUT2D eigenvalue weighted by Crippen LogP contribution is -2.37. The first-order chi connectivity index (χ1) is 10.4. The van der Waals surface area contributed by atoms with E-state index in [4.69, 9.17) is 0 Å². The van der Waals surface area contributed by atoms with E-state index in [1.807, 2.05) is 24.3 Å². The topological polar surface area (TPSA) is 46.8 Å². The maximum absolute atomic E-state index is 12.3. The molecule has 0 radical (unpaired) electrons. The lowest BCUT2D eigenvalue weighted by atomic mass is 10.2. The van der Waals surface area contributed by atoms with Crippen molar-refractivity contribution in [3.63, 3.8) is 0 Å². The molecule has 22 heavy (non-hydrogen) atoms. The van der Waals surface area contributed by atoms with E-state index < -0.39 is 12.7 Å². The monoisotopic (exact) mass is 329 g/mol. The van der Waals surface area contributed by atoms with Crippen LogP contribution in [0.1, 0.15) is 12.7 Å². The van der Waals surface area contributed by atoms with E-state index >= 15 is 0 Å². The molecule has 0 N–H and O–H groups in total. The molecule has 0 unspecified atom stereocenters. The highest BCUT2D eigenvalue weighted by atomic mass is 32.2. The van der Waals surface area contributed by atoms with Crippen molar-refractivity contribution >= 4 is 17.4 Å². The number of hydrogen-bond donors (Lipinski definition) is 0. The average Bonchev–Trinajstić information content (AvgIpc) is 2.87. The molecule has 1 aromatic carbocycles. The van der Waals surface area contributed by atoms with Crippen LogP contribution < -0.4 is 4.90 Å². The first-order valence-corrected chi connectivity index (χ1v) is 7.73. The van der Waals surface area contributed by atoms with Gasteiger partial charge in [-0.25, -0.2) is 0 Å². The summed E-state index contributed by atoms with van der Waals surface area (Å²) >= 11 is 1.77. The molecule has 0 aliphatic carbocycles. The van der Waals surface area contributed by atoms with Crippen LogP contribution in [0, 0.1) is 0 Å². The number of aromatic nitrogens is 4. The van der Waals surface area contributed by atoms with Gasteiger partial charge in [0.1, 0.15) is 0 Å². The largest absolute Gasteiger partial charge is 0.409 e. The highest BCUT2D eigenvalue weighted by Gasteiger charge is 2.30. The Hall–Kier alpha value is -1.77. The molecule has 2 heterocycles. The second-order valence-corrected chi connectivity index (χ2v) is 6.17. The Morgan fingerprint density at radius 1 is 1.32 bits per heavy atom. The number of benzene rings is 1. The lowest BCUT2D eigenvalue weighted by Gasteiger charge is -2.35. The van der Waals surface area contributed by atoms with Crippen LogP contribution in [0.15, 0.2) is 29.2 Å². The van der Waals surface area contributed by atoms with Gasteiger partial charge in [-0.2, -0.15) is 18.0 Å². The molecule has 2 aromatic rings. The Bertz CT molecular complexity index is 657. The molecular weight excluding hydrogens is 315 g/mol. The molecule has 118 valence electrons. The summed E-state index contributed by atoms with van der Waals surface area (Å²) in [6.07, 6.45) is -4.35. The van der Waals surface area contributed by atoms with Crippen molar-refractivity contribution in [1.82, 2.24) is 20.2 Å². The SMILES string of the molecule is C[C@H]1CSc2ccccc2N1Cc1nnn(CC(F)(F)F)n1. The van der Waals surface area contributed by atoms with Crippen molar-refractivity contribution in [2.24, 2.45) is 0 Å². The Kier molecular flexibility index (Phi) is 3.98. The number of halogens is 3. The first kappa shape index (κ1) is 15.1. The van der Waals surface area contributed by atoms with Gasteiger partial charge >= 0.3 is 6.18 Å². The summed E-state index contributed by atoms with van der Waals surface area (Å²) in [5.74, 6) is 1.20. The minimum atomic E-state index is -4.35. The number of fused-ring (bicyclic) bond motifs is 1. The molecule has 0 spiro atoms. The zero-order valence-electron chi connectivity index (χ0n) is 11.8. The van der Waals surface area contributed by atoms with Crippen molar-refractivity contribution in [2.75, 3.05) is 10.7 Å². The molecule has 1 aliphatic rings. The van der Waals surface area contributed by atoms with Gasteiger partial charge in [0.15, 0.2) is 12.4 Å². The average molecular weight is 329 g/mol. The maximum Gasteiger partial charge on any atom is 0.409 e. The van der Waals surface area contributed by atoms with Gasteiger partial charge in [0.25, 0.3) is 0 Å². The molecule has 0 saturated heterocycles. The predicted octanol–water partition coefficient (Wildman–Crippen LogP) is 2.74. The summed E-state index contributed by atoms with van der Waals surface area (Å²) in [5.41, 5.74) is 1.05. The molecule has 5 nitrogen and oxygen atoms in total. The number of nitrogens with zero attached hydrogens (tertiary/aromatic N) is 5. The van der Waals surface area contributed by atoms with Crippen LogP contribution in [0.3, 0.4) is 0 Å². The normalized spacial score (nSPS) is 18.4. The summed E-state index contributed by atoms with van der Waals surface area (Å²) in [5, 5.41) is 11.0. The molecular formula is C13H14F3N5S. The molecule has 0 amide bonds. The molecule has 0 saturated carbocycles. The second kappa shape index (κ2) is 5.79. The minimum Gasteiger partial charge on any atom is -0.359 e. The van der Waals surface area contributed by atoms with Crippen LogP contribution in [0.4, 0.5) is 18.9 Å². The summed E-state index contributed by atoms with van der Waals surface area (Å²) in [6, 6.07) is 8.19. The fourth-order valence-electron chi connectivity index (χ4n) is 2.31. The van der Waals surface area contributed by atoms with E-state index in [1.165, 1.54) is 0 Å². The van der Waals surface area contributed by atoms with Gasteiger partial charge in [0, 0.05) is 16.7 Å². The van der Waals surface area contributed by atoms with Crippen molar-refractivity contribution in [3.05, 3.63) is 30.1 Å². The molecule has 1 aromatic heterocycles. The van der Waals surface area contributed by atoms with Crippen molar-refractivity contribution in [1.29, 1.82) is 0 Å². The van der Waals surface area contributed by atoms with Crippen LogP contribution in [0.25, 0.3) is 0 Å². The van der Waals surface area contributed by atoms with E-state index in [2.05, 4.69) is 27.2 Å². The van der Waals surface area contributed by atoms with Crippen LogP contribution in [-0.2, 0) is 13.1 Å². The third-order valence-electron chi connectivity index (χ3n) is 3.31. The molecule has 9 heteroatoms. The van der Waals surface area contributed by atoms with E-state index in [9.17, 15) is 13.2 Å². The molecule has 1 aliphatic heterocycles.